The van der Waals surface area contributed by atoms with Gasteiger partial charge in [-0.2, -0.15) is 5.26 Å². The van der Waals surface area contributed by atoms with Gasteiger partial charge in [0.05, 0.1) is 17.1 Å². The van der Waals surface area contributed by atoms with Gasteiger partial charge in [-0.3, -0.25) is 0 Å². The first-order valence-electron chi connectivity index (χ1n) is 3.87. The van der Waals surface area contributed by atoms with Crippen LogP contribution in [0.15, 0.2) is 28.9 Å². The molecular formula is C10H7BrN2. The summed E-state index contributed by atoms with van der Waals surface area (Å²) in [6, 6.07) is 7.90. The molecule has 2 rings (SSSR count). The van der Waals surface area contributed by atoms with Crippen LogP contribution < -0.4 is 0 Å². The quantitative estimate of drug-likeness (QED) is 0.690. The summed E-state index contributed by atoms with van der Waals surface area (Å²) >= 11 is 3.44. The number of aromatic nitrogens is 1. The van der Waals surface area contributed by atoms with Crippen molar-refractivity contribution in [2.75, 3.05) is 0 Å². The minimum absolute atomic E-state index is 0.713. The molecule has 0 saturated carbocycles. The molecule has 0 unspecified atom stereocenters. The van der Waals surface area contributed by atoms with Crippen molar-refractivity contribution in [2.45, 2.75) is 0 Å². The van der Waals surface area contributed by atoms with E-state index < -0.39 is 0 Å². The van der Waals surface area contributed by atoms with E-state index in [1.807, 2.05) is 36.0 Å². The van der Waals surface area contributed by atoms with E-state index in [2.05, 4.69) is 22.0 Å². The van der Waals surface area contributed by atoms with Crippen molar-refractivity contribution in [2.24, 2.45) is 7.05 Å². The maximum Gasteiger partial charge on any atom is 0.0999 e. The van der Waals surface area contributed by atoms with Crippen molar-refractivity contribution in [1.29, 1.82) is 5.26 Å². The van der Waals surface area contributed by atoms with Crippen LogP contribution in [-0.2, 0) is 7.05 Å². The Balaban J connectivity index is 2.99. The number of fused-ring (bicyclic) bond motifs is 1. The standard InChI is InChI=1S/C10H7BrN2/c1-13-6-8(11)10-7(5-12)3-2-4-9(10)13/h2-4,6H,1H3. The molecule has 0 atom stereocenters. The maximum atomic E-state index is 8.89. The zero-order valence-corrected chi connectivity index (χ0v) is 8.67. The van der Waals surface area contributed by atoms with Gasteiger partial charge in [-0.15, -0.1) is 0 Å². The molecule has 0 saturated heterocycles. The predicted molar refractivity (Wildman–Crippen MR) is 55.3 cm³/mol. The van der Waals surface area contributed by atoms with Crippen LogP contribution >= 0.6 is 15.9 Å². The molecular weight excluding hydrogens is 228 g/mol. The topological polar surface area (TPSA) is 28.7 Å². The van der Waals surface area contributed by atoms with Gasteiger partial charge in [0.15, 0.2) is 0 Å². The number of aryl methyl sites for hydroxylation is 1. The summed E-state index contributed by atoms with van der Waals surface area (Å²) in [6.07, 6.45) is 1.96. The van der Waals surface area contributed by atoms with Crippen LogP contribution in [0.2, 0.25) is 0 Å². The predicted octanol–water partition coefficient (Wildman–Crippen LogP) is 2.81. The van der Waals surface area contributed by atoms with Crippen molar-refractivity contribution < 1.29 is 0 Å². The van der Waals surface area contributed by atoms with Gasteiger partial charge < -0.3 is 4.57 Å². The van der Waals surface area contributed by atoms with Crippen LogP contribution in [0.25, 0.3) is 10.9 Å². The number of hydrogen-bond acceptors (Lipinski definition) is 1. The maximum absolute atomic E-state index is 8.89. The minimum Gasteiger partial charge on any atom is -0.349 e. The monoisotopic (exact) mass is 234 g/mol. The Kier molecular flexibility index (Phi) is 1.86. The van der Waals surface area contributed by atoms with Crippen molar-refractivity contribution in [3.63, 3.8) is 0 Å². The molecule has 0 bridgehead atoms. The molecule has 0 amide bonds. The van der Waals surface area contributed by atoms with Crippen LogP contribution in [0.5, 0.6) is 0 Å². The summed E-state index contributed by atoms with van der Waals surface area (Å²) < 4.78 is 2.97. The van der Waals surface area contributed by atoms with E-state index >= 15 is 0 Å². The lowest BCUT2D eigenvalue weighted by atomic mass is 10.1. The number of nitriles is 1. The highest BCUT2D eigenvalue weighted by Gasteiger charge is 2.07. The third-order valence-corrected chi connectivity index (χ3v) is 2.69. The second-order valence-corrected chi connectivity index (χ2v) is 3.75. The molecule has 0 spiro atoms. The van der Waals surface area contributed by atoms with Crippen LogP contribution in [0.4, 0.5) is 0 Å². The molecule has 13 heavy (non-hydrogen) atoms. The summed E-state index contributed by atoms with van der Waals surface area (Å²) in [7, 11) is 1.97. The van der Waals surface area contributed by atoms with Gasteiger partial charge in [-0.05, 0) is 28.1 Å². The number of benzene rings is 1. The summed E-state index contributed by atoms with van der Waals surface area (Å²) in [5.41, 5.74) is 1.79. The van der Waals surface area contributed by atoms with E-state index in [1.165, 1.54) is 0 Å². The number of rotatable bonds is 0. The molecule has 1 heterocycles. The fourth-order valence-electron chi connectivity index (χ4n) is 1.48. The largest absolute Gasteiger partial charge is 0.349 e. The average Bonchev–Trinajstić information content (AvgIpc) is 2.43. The first-order valence-corrected chi connectivity index (χ1v) is 4.67. The van der Waals surface area contributed by atoms with Gasteiger partial charge in [0.2, 0.25) is 0 Å². The molecule has 2 aromatic rings. The molecule has 0 fully saturated rings. The van der Waals surface area contributed by atoms with Crippen LogP contribution in [-0.4, -0.2) is 4.57 Å². The number of halogens is 1. The zero-order valence-electron chi connectivity index (χ0n) is 7.08. The summed E-state index contributed by atoms with van der Waals surface area (Å²) in [5, 5.41) is 9.88. The van der Waals surface area contributed by atoms with E-state index in [9.17, 15) is 0 Å². The van der Waals surface area contributed by atoms with Gasteiger partial charge >= 0.3 is 0 Å². The highest BCUT2D eigenvalue weighted by molar-refractivity contribution is 9.10. The van der Waals surface area contributed by atoms with E-state index in [-0.39, 0.29) is 0 Å². The molecule has 0 aliphatic carbocycles. The molecule has 2 nitrogen and oxygen atoms in total. The van der Waals surface area contributed by atoms with E-state index in [4.69, 9.17) is 5.26 Å². The van der Waals surface area contributed by atoms with Gasteiger partial charge in [0.1, 0.15) is 0 Å². The second-order valence-electron chi connectivity index (χ2n) is 2.90. The molecule has 3 heteroatoms. The molecule has 0 aliphatic heterocycles. The second kappa shape index (κ2) is 2.90. The fourth-order valence-corrected chi connectivity index (χ4v) is 2.21. The Morgan fingerprint density at radius 2 is 2.23 bits per heavy atom. The number of hydrogen-bond donors (Lipinski definition) is 0. The van der Waals surface area contributed by atoms with Gasteiger partial charge in [0.25, 0.3) is 0 Å². The van der Waals surface area contributed by atoms with Crippen LogP contribution in [0, 0.1) is 11.3 Å². The van der Waals surface area contributed by atoms with Crippen molar-refractivity contribution in [3.8, 4) is 6.07 Å². The van der Waals surface area contributed by atoms with Gasteiger partial charge in [-0.1, -0.05) is 6.07 Å². The van der Waals surface area contributed by atoms with Gasteiger partial charge in [-0.25, -0.2) is 0 Å². The Hall–Kier alpha value is -1.27. The molecule has 1 aromatic heterocycles. The summed E-state index contributed by atoms with van der Waals surface area (Å²) in [4.78, 5) is 0. The Labute approximate surface area is 84.5 Å². The molecule has 64 valence electrons. The highest BCUT2D eigenvalue weighted by atomic mass is 79.9. The van der Waals surface area contributed by atoms with E-state index in [0.29, 0.717) is 5.56 Å². The molecule has 0 radical (unpaired) electrons. The number of nitrogens with zero attached hydrogens (tertiary/aromatic N) is 2. The summed E-state index contributed by atoms with van der Waals surface area (Å²) in [6.45, 7) is 0. The Morgan fingerprint density at radius 3 is 2.92 bits per heavy atom. The average molecular weight is 235 g/mol. The van der Waals surface area contributed by atoms with E-state index in [0.717, 1.165) is 15.4 Å². The lowest BCUT2D eigenvalue weighted by molar-refractivity contribution is 0.966. The first kappa shape index (κ1) is 8.33. The zero-order chi connectivity index (χ0) is 9.42. The molecule has 1 aromatic carbocycles. The minimum atomic E-state index is 0.713. The molecule has 0 aliphatic rings. The third kappa shape index (κ3) is 1.14. The fraction of sp³-hybridized carbons (Fsp3) is 0.100. The third-order valence-electron chi connectivity index (χ3n) is 2.09. The smallest absolute Gasteiger partial charge is 0.0999 e. The van der Waals surface area contributed by atoms with Crippen molar-refractivity contribution >= 4 is 26.8 Å². The molecule has 0 N–H and O–H groups in total. The van der Waals surface area contributed by atoms with Crippen LogP contribution in [0.3, 0.4) is 0 Å². The highest BCUT2D eigenvalue weighted by Crippen LogP contribution is 2.28. The lowest BCUT2D eigenvalue weighted by Crippen LogP contribution is -1.83. The normalized spacial score (nSPS) is 10.2. The first-order chi connectivity index (χ1) is 6.24. The van der Waals surface area contributed by atoms with Crippen molar-refractivity contribution in [3.05, 3.63) is 34.4 Å². The lowest BCUT2D eigenvalue weighted by Gasteiger charge is -1.95. The summed E-state index contributed by atoms with van der Waals surface area (Å²) in [5.74, 6) is 0. The Bertz CT molecular complexity index is 505. The van der Waals surface area contributed by atoms with E-state index in [1.54, 1.807) is 0 Å². The van der Waals surface area contributed by atoms with Crippen LogP contribution in [0.1, 0.15) is 5.56 Å². The SMILES string of the molecule is Cn1cc(Br)c2c(C#N)cccc21. The Morgan fingerprint density at radius 1 is 1.46 bits per heavy atom. The van der Waals surface area contributed by atoms with Crippen molar-refractivity contribution in [1.82, 2.24) is 4.57 Å². The van der Waals surface area contributed by atoms with Gasteiger partial charge in [0, 0.05) is 23.1 Å².